The molecule has 8 N–H and O–H groups in total. The third-order valence-corrected chi connectivity index (χ3v) is 3.84. The Morgan fingerprint density at radius 3 is 1.96 bits per heavy atom. The van der Waals surface area contributed by atoms with Crippen molar-refractivity contribution in [2.24, 2.45) is 27.9 Å². The summed E-state index contributed by atoms with van der Waals surface area (Å²) in [6, 6.07) is -1.37. The molecule has 25 heavy (non-hydrogen) atoms. The molecule has 0 aliphatic heterocycles. The molecular weight excluding hydrogens is 322 g/mol. The van der Waals surface area contributed by atoms with Crippen molar-refractivity contribution < 1.29 is 14.3 Å². The first-order valence-electron chi connectivity index (χ1n) is 9.20. The number of ketones is 1. The van der Waals surface area contributed by atoms with Crippen LogP contribution in [0.1, 0.15) is 59.3 Å². The van der Waals surface area contributed by atoms with Crippen molar-refractivity contribution in [2.75, 3.05) is 19.8 Å². The van der Waals surface area contributed by atoms with Crippen LogP contribution in [0.5, 0.6) is 0 Å². The van der Waals surface area contributed by atoms with Crippen LogP contribution < -0.4 is 22.9 Å². The molecule has 0 amide bonds. The zero-order valence-electron chi connectivity index (χ0n) is 16.0. The quantitative estimate of drug-likeness (QED) is 0.145. The van der Waals surface area contributed by atoms with Gasteiger partial charge in [0, 0.05) is 6.54 Å². The van der Waals surface area contributed by atoms with Crippen molar-refractivity contribution >= 4 is 11.7 Å². The Balaban J connectivity index is 5.23. The lowest BCUT2D eigenvalue weighted by atomic mass is 9.94. The number of hydrogen-bond acceptors (Lipinski definition) is 6. The molecule has 0 rings (SSSR count). The Morgan fingerprint density at radius 2 is 1.56 bits per heavy atom. The molecular formula is C17H37N5O3. The molecule has 8 heteroatoms. The van der Waals surface area contributed by atoms with Gasteiger partial charge in [0.2, 0.25) is 11.6 Å². The van der Waals surface area contributed by atoms with Gasteiger partial charge in [-0.1, -0.05) is 26.7 Å². The third-order valence-electron chi connectivity index (χ3n) is 3.84. The van der Waals surface area contributed by atoms with Gasteiger partial charge in [0.1, 0.15) is 0 Å². The molecule has 0 saturated heterocycles. The van der Waals surface area contributed by atoms with Gasteiger partial charge in [-0.3, -0.25) is 9.79 Å². The van der Waals surface area contributed by atoms with Gasteiger partial charge in [0.25, 0.3) is 0 Å². The number of guanidine groups is 1. The molecule has 0 unspecified atom stereocenters. The molecule has 0 fully saturated rings. The van der Waals surface area contributed by atoms with Crippen molar-refractivity contribution in [1.82, 2.24) is 0 Å². The Kier molecular flexibility index (Phi) is 12.4. The summed E-state index contributed by atoms with van der Waals surface area (Å²) in [6.45, 7) is 6.93. The molecule has 0 aromatic heterocycles. The molecule has 0 radical (unpaired) electrons. The lowest BCUT2D eigenvalue weighted by Gasteiger charge is -2.38. The van der Waals surface area contributed by atoms with Crippen molar-refractivity contribution in [3.63, 3.8) is 0 Å². The largest absolute Gasteiger partial charge is 0.370 e. The summed E-state index contributed by atoms with van der Waals surface area (Å²) in [4.78, 5) is 16.7. The van der Waals surface area contributed by atoms with Crippen LogP contribution >= 0.6 is 0 Å². The highest BCUT2D eigenvalue weighted by atomic mass is 16.7. The standard InChI is InChI=1S/C17H37N5O3/c1-4-6-11-24-17(15(23)13(3)18,25-12-7-5-2)14(19)9-8-10-22-16(20)21/h13-14H,4-12,18-19H2,1-3H3,(H4,20,21,22)/t13-,14-/m0/s1. The van der Waals surface area contributed by atoms with Gasteiger partial charge in [0.15, 0.2) is 5.96 Å². The van der Waals surface area contributed by atoms with Crippen LogP contribution in [0.3, 0.4) is 0 Å². The molecule has 0 aromatic rings. The van der Waals surface area contributed by atoms with E-state index in [1.54, 1.807) is 6.92 Å². The number of unbranched alkanes of at least 4 members (excludes halogenated alkanes) is 2. The zero-order valence-corrected chi connectivity index (χ0v) is 16.0. The van der Waals surface area contributed by atoms with Crippen LogP contribution in [0.4, 0.5) is 0 Å². The SMILES string of the molecule is CCCCOC(OCCCC)(C(=O)[C@H](C)N)[C@@H](N)CCCN=C(N)N. The first-order chi connectivity index (χ1) is 11.8. The Hall–Kier alpha value is -1.22. The molecule has 148 valence electrons. The summed E-state index contributed by atoms with van der Waals surface area (Å²) in [7, 11) is 0. The van der Waals surface area contributed by atoms with Gasteiger partial charge in [-0.15, -0.1) is 0 Å². The topological polar surface area (TPSA) is 152 Å². The number of nitrogens with zero attached hydrogens (tertiary/aromatic N) is 1. The fourth-order valence-corrected chi connectivity index (χ4v) is 2.34. The van der Waals surface area contributed by atoms with E-state index in [0.717, 1.165) is 25.7 Å². The van der Waals surface area contributed by atoms with Gasteiger partial charge >= 0.3 is 0 Å². The summed E-state index contributed by atoms with van der Waals surface area (Å²) >= 11 is 0. The predicted molar refractivity (Wildman–Crippen MR) is 101 cm³/mol. The number of aliphatic imine (C=N–C) groups is 1. The number of rotatable bonds is 15. The first-order valence-corrected chi connectivity index (χ1v) is 9.20. The second-order valence-electron chi connectivity index (χ2n) is 6.28. The lowest BCUT2D eigenvalue weighted by molar-refractivity contribution is -0.240. The summed E-state index contributed by atoms with van der Waals surface area (Å²) in [5.74, 6) is -1.81. The third kappa shape index (κ3) is 8.62. The van der Waals surface area contributed by atoms with E-state index in [4.69, 9.17) is 32.4 Å². The highest BCUT2D eigenvalue weighted by Gasteiger charge is 2.47. The molecule has 2 atom stereocenters. The summed E-state index contributed by atoms with van der Waals surface area (Å²) in [5.41, 5.74) is 22.8. The van der Waals surface area contributed by atoms with Crippen LogP contribution in [-0.2, 0) is 14.3 Å². The Labute approximate surface area is 151 Å². The molecule has 0 aliphatic rings. The number of Topliss-reactive ketones (excluding diaryl/α,β-unsaturated/α-hetero) is 1. The Bertz CT molecular complexity index is 388. The normalized spacial score (nSPS) is 14.1. The van der Waals surface area contributed by atoms with Crippen LogP contribution in [0.2, 0.25) is 0 Å². The van der Waals surface area contributed by atoms with E-state index in [-0.39, 0.29) is 11.7 Å². The predicted octanol–water partition coefficient (Wildman–Crippen LogP) is 0.613. The summed E-state index contributed by atoms with van der Waals surface area (Å²) < 4.78 is 11.8. The van der Waals surface area contributed by atoms with E-state index in [1.165, 1.54) is 0 Å². The number of carbonyl (C=O) groups is 1. The van der Waals surface area contributed by atoms with Gasteiger partial charge in [-0.25, -0.2) is 0 Å². The second-order valence-corrected chi connectivity index (χ2v) is 6.28. The number of ether oxygens (including phenoxy) is 2. The molecule has 0 spiro atoms. The molecule has 0 saturated carbocycles. The fraction of sp³-hybridized carbons (Fsp3) is 0.882. The molecule has 8 nitrogen and oxygen atoms in total. The molecule has 0 aromatic carbocycles. The average Bonchev–Trinajstić information content (AvgIpc) is 2.56. The smallest absolute Gasteiger partial charge is 0.246 e. The van der Waals surface area contributed by atoms with Crippen LogP contribution in [0.15, 0.2) is 4.99 Å². The first kappa shape index (κ1) is 23.8. The lowest BCUT2D eigenvalue weighted by Crippen LogP contribution is -2.62. The maximum atomic E-state index is 12.8. The minimum atomic E-state index is -1.52. The highest BCUT2D eigenvalue weighted by Crippen LogP contribution is 2.24. The van der Waals surface area contributed by atoms with E-state index in [1.807, 2.05) is 13.8 Å². The Morgan fingerprint density at radius 1 is 1.04 bits per heavy atom. The van der Waals surface area contributed by atoms with Crippen molar-refractivity contribution in [3.05, 3.63) is 0 Å². The minimum absolute atomic E-state index is 0.0323. The summed E-state index contributed by atoms with van der Waals surface area (Å²) in [6.07, 6.45) is 4.60. The molecule has 0 heterocycles. The number of hydrogen-bond donors (Lipinski definition) is 4. The van der Waals surface area contributed by atoms with E-state index in [0.29, 0.717) is 32.6 Å². The second kappa shape index (κ2) is 13.0. The van der Waals surface area contributed by atoms with Crippen LogP contribution in [0.25, 0.3) is 0 Å². The molecule has 0 aliphatic carbocycles. The van der Waals surface area contributed by atoms with Gasteiger partial charge < -0.3 is 32.4 Å². The van der Waals surface area contributed by atoms with Crippen molar-refractivity contribution in [1.29, 1.82) is 0 Å². The van der Waals surface area contributed by atoms with Gasteiger partial charge in [-0.05, 0) is 32.6 Å². The number of nitrogens with two attached hydrogens (primary N) is 4. The number of carbonyl (C=O) groups excluding carboxylic acids is 1. The fourth-order valence-electron chi connectivity index (χ4n) is 2.34. The summed E-state index contributed by atoms with van der Waals surface area (Å²) in [5, 5.41) is 0. The van der Waals surface area contributed by atoms with Gasteiger partial charge in [-0.2, -0.15) is 0 Å². The zero-order chi connectivity index (χ0) is 19.3. The van der Waals surface area contributed by atoms with Crippen molar-refractivity contribution in [2.45, 2.75) is 77.2 Å². The van der Waals surface area contributed by atoms with E-state index in [9.17, 15) is 4.79 Å². The van der Waals surface area contributed by atoms with Crippen LogP contribution in [-0.4, -0.2) is 49.4 Å². The highest BCUT2D eigenvalue weighted by molar-refractivity contribution is 5.91. The minimum Gasteiger partial charge on any atom is -0.370 e. The maximum Gasteiger partial charge on any atom is 0.246 e. The van der Waals surface area contributed by atoms with E-state index < -0.39 is 17.9 Å². The van der Waals surface area contributed by atoms with E-state index in [2.05, 4.69) is 4.99 Å². The van der Waals surface area contributed by atoms with Crippen molar-refractivity contribution in [3.8, 4) is 0 Å². The average molecular weight is 360 g/mol. The van der Waals surface area contributed by atoms with Crippen LogP contribution in [0, 0.1) is 0 Å². The monoisotopic (exact) mass is 359 g/mol. The molecule has 0 bridgehead atoms. The van der Waals surface area contributed by atoms with E-state index >= 15 is 0 Å². The van der Waals surface area contributed by atoms with Gasteiger partial charge in [0.05, 0.1) is 25.3 Å². The maximum absolute atomic E-state index is 12.8.